The fourth-order valence-corrected chi connectivity index (χ4v) is 1.45. The zero-order valence-corrected chi connectivity index (χ0v) is 7.51. The van der Waals surface area contributed by atoms with Gasteiger partial charge < -0.3 is 0 Å². The molecule has 0 heterocycles. The predicted molar refractivity (Wildman–Crippen MR) is 49.9 cm³/mol. The van der Waals surface area contributed by atoms with E-state index in [0.29, 0.717) is 0 Å². The van der Waals surface area contributed by atoms with Crippen LogP contribution < -0.4 is 0 Å². The number of hydrogen-bond donors (Lipinski definition) is 0. The summed E-state index contributed by atoms with van der Waals surface area (Å²) in [6.45, 7) is 2.15. The number of rotatable bonds is 3. The Morgan fingerprint density at radius 3 is 2.45 bits per heavy atom. The Kier molecular flexibility index (Phi) is 3.44. The lowest BCUT2D eigenvalue weighted by Gasteiger charge is -2.06. The normalized spacial score (nSPS) is 12.9. The van der Waals surface area contributed by atoms with Gasteiger partial charge in [0, 0.05) is 0 Å². The average molecular weight is 169 g/mol. The van der Waals surface area contributed by atoms with Gasteiger partial charge >= 0.3 is 0 Å². The van der Waals surface area contributed by atoms with Crippen LogP contribution in [0.5, 0.6) is 0 Å². The molecule has 1 atom stereocenters. The van der Waals surface area contributed by atoms with Crippen LogP contribution in [0.1, 0.15) is 30.7 Å². The van der Waals surface area contributed by atoms with Gasteiger partial charge in [-0.05, 0) is 12.0 Å². The first-order valence-corrected chi connectivity index (χ1v) is 4.47. The molecule has 0 spiro atoms. The predicted octanol–water partition coefficient (Wildman–Crippen LogP) is 3.77. The Hall–Kier alpha value is -0.490. The summed E-state index contributed by atoms with van der Waals surface area (Å²) in [5, 5.41) is 0.196. The SMILES string of the molecule is CCC[C@@H](Cl)c1ccccc1. The van der Waals surface area contributed by atoms with E-state index in [9.17, 15) is 0 Å². The van der Waals surface area contributed by atoms with Crippen LogP contribution >= 0.6 is 11.6 Å². The molecule has 0 amide bonds. The molecule has 0 saturated heterocycles. The van der Waals surface area contributed by atoms with Crippen molar-refractivity contribution in [2.75, 3.05) is 0 Å². The molecule has 0 aromatic heterocycles. The maximum absolute atomic E-state index is 6.11. The van der Waals surface area contributed by atoms with Crippen LogP contribution in [-0.2, 0) is 0 Å². The smallest absolute Gasteiger partial charge is 0.0585 e. The molecule has 1 rings (SSSR count). The third-order valence-electron chi connectivity index (χ3n) is 1.70. The fourth-order valence-electron chi connectivity index (χ4n) is 1.08. The first-order chi connectivity index (χ1) is 5.34. The van der Waals surface area contributed by atoms with Crippen LogP contribution in [-0.4, -0.2) is 0 Å². The first-order valence-electron chi connectivity index (χ1n) is 4.03. The van der Waals surface area contributed by atoms with Gasteiger partial charge in [-0.1, -0.05) is 43.7 Å². The molecule has 0 aliphatic rings. The number of alkyl halides is 1. The van der Waals surface area contributed by atoms with Crippen molar-refractivity contribution in [3.05, 3.63) is 35.9 Å². The maximum atomic E-state index is 6.11. The Labute approximate surface area is 73.2 Å². The summed E-state index contributed by atoms with van der Waals surface area (Å²) in [6, 6.07) is 10.2. The lowest BCUT2D eigenvalue weighted by Crippen LogP contribution is -1.87. The zero-order valence-electron chi connectivity index (χ0n) is 6.76. The third-order valence-corrected chi connectivity index (χ3v) is 2.17. The minimum Gasteiger partial charge on any atom is -0.118 e. The minimum absolute atomic E-state index is 0.196. The van der Waals surface area contributed by atoms with Gasteiger partial charge in [0.25, 0.3) is 0 Å². The monoisotopic (exact) mass is 168 g/mol. The van der Waals surface area contributed by atoms with Gasteiger partial charge in [-0.2, -0.15) is 0 Å². The largest absolute Gasteiger partial charge is 0.118 e. The molecular formula is C10H13Cl. The second-order valence-electron chi connectivity index (χ2n) is 2.67. The summed E-state index contributed by atoms with van der Waals surface area (Å²) in [6.07, 6.45) is 2.20. The molecule has 0 N–H and O–H groups in total. The molecular weight excluding hydrogens is 156 g/mol. The molecule has 0 saturated carbocycles. The summed E-state index contributed by atoms with van der Waals surface area (Å²) in [7, 11) is 0. The summed E-state index contributed by atoms with van der Waals surface area (Å²) in [5.41, 5.74) is 1.23. The van der Waals surface area contributed by atoms with Crippen molar-refractivity contribution in [2.24, 2.45) is 0 Å². The Balaban J connectivity index is 2.61. The van der Waals surface area contributed by atoms with Crippen LogP contribution in [0.2, 0.25) is 0 Å². The van der Waals surface area contributed by atoms with Gasteiger partial charge in [-0.3, -0.25) is 0 Å². The van der Waals surface area contributed by atoms with Gasteiger partial charge in [0.1, 0.15) is 0 Å². The van der Waals surface area contributed by atoms with E-state index in [1.54, 1.807) is 0 Å². The van der Waals surface area contributed by atoms with E-state index >= 15 is 0 Å². The second-order valence-corrected chi connectivity index (χ2v) is 3.19. The van der Waals surface area contributed by atoms with E-state index in [1.807, 2.05) is 18.2 Å². The molecule has 1 aromatic carbocycles. The van der Waals surface area contributed by atoms with Gasteiger partial charge in [0.05, 0.1) is 5.38 Å². The van der Waals surface area contributed by atoms with Crippen LogP contribution in [0, 0.1) is 0 Å². The van der Waals surface area contributed by atoms with Crippen LogP contribution in [0.3, 0.4) is 0 Å². The quantitative estimate of drug-likeness (QED) is 0.603. The highest BCUT2D eigenvalue weighted by Crippen LogP contribution is 2.24. The molecule has 1 heteroatoms. The van der Waals surface area contributed by atoms with Crippen molar-refractivity contribution >= 4 is 11.6 Å². The van der Waals surface area contributed by atoms with Crippen molar-refractivity contribution in [3.63, 3.8) is 0 Å². The van der Waals surface area contributed by atoms with E-state index in [2.05, 4.69) is 19.1 Å². The third kappa shape index (κ3) is 2.55. The number of halogens is 1. The summed E-state index contributed by atoms with van der Waals surface area (Å²) in [4.78, 5) is 0. The Bertz CT molecular complexity index is 193. The molecule has 0 nitrogen and oxygen atoms in total. The van der Waals surface area contributed by atoms with E-state index in [1.165, 1.54) is 5.56 Å². The lowest BCUT2D eigenvalue weighted by atomic mass is 10.1. The Morgan fingerprint density at radius 1 is 1.27 bits per heavy atom. The van der Waals surface area contributed by atoms with Crippen LogP contribution in [0.15, 0.2) is 30.3 Å². The van der Waals surface area contributed by atoms with Crippen molar-refractivity contribution in [1.82, 2.24) is 0 Å². The molecule has 0 fully saturated rings. The van der Waals surface area contributed by atoms with Gasteiger partial charge in [-0.15, -0.1) is 11.6 Å². The van der Waals surface area contributed by atoms with E-state index in [0.717, 1.165) is 12.8 Å². The highest BCUT2D eigenvalue weighted by molar-refractivity contribution is 6.20. The van der Waals surface area contributed by atoms with Crippen LogP contribution in [0.25, 0.3) is 0 Å². The standard InChI is InChI=1S/C10H13Cl/c1-2-6-10(11)9-7-4-3-5-8-9/h3-5,7-8,10H,2,6H2,1H3/t10-/m1/s1. The van der Waals surface area contributed by atoms with Crippen molar-refractivity contribution < 1.29 is 0 Å². The fraction of sp³-hybridized carbons (Fsp3) is 0.400. The summed E-state index contributed by atoms with van der Waals surface area (Å²) in [5.74, 6) is 0. The van der Waals surface area contributed by atoms with Gasteiger partial charge in [0.15, 0.2) is 0 Å². The number of hydrogen-bond acceptors (Lipinski definition) is 0. The van der Waals surface area contributed by atoms with Gasteiger partial charge in [0.2, 0.25) is 0 Å². The zero-order chi connectivity index (χ0) is 8.10. The minimum atomic E-state index is 0.196. The highest BCUT2D eigenvalue weighted by Gasteiger charge is 2.03. The molecule has 0 unspecified atom stereocenters. The number of benzene rings is 1. The average Bonchev–Trinajstić information content (AvgIpc) is 2.07. The molecule has 0 aliphatic carbocycles. The summed E-state index contributed by atoms with van der Waals surface area (Å²) < 4.78 is 0. The second kappa shape index (κ2) is 4.40. The molecule has 0 radical (unpaired) electrons. The van der Waals surface area contributed by atoms with E-state index < -0.39 is 0 Å². The molecule has 60 valence electrons. The highest BCUT2D eigenvalue weighted by atomic mass is 35.5. The van der Waals surface area contributed by atoms with Crippen molar-refractivity contribution in [3.8, 4) is 0 Å². The van der Waals surface area contributed by atoms with Gasteiger partial charge in [-0.25, -0.2) is 0 Å². The van der Waals surface area contributed by atoms with E-state index in [4.69, 9.17) is 11.6 Å². The van der Waals surface area contributed by atoms with Crippen molar-refractivity contribution in [2.45, 2.75) is 25.1 Å². The molecule has 0 bridgehead atoms. The molecule has 1 aromatic rings. The first kappa shape index (κ1) is 8.61. The van der Waals surface area contributed by atoms with Crippen molar-refractivity contribution in [1.29, 1.82) is 0 Å². The maximum Gasteiger partial charge on any atom is 0.0585 e. The van der Waals surface area contributed by atoms with Crippen LogP contribution in [0.4, 0.5) is 0 Å². The molecule has 0 aliphatic heterocycles. The molecule has 11 heavy (non-hydrogen) atoms. The summed E-state index contributed by atoms with van der Waals surface area (Å²) >= 11 is 6.11. The van der Waals surface area contributed by atoms with E-state index in [-0.39, 0.29) is 5.38 Å². The Morgan fingerprint density at radius 2 is 1.91 bits per heavy atom. The lowest BCUT2D eigenvalue weighted by molar-refractivity contribution is 0.770. The topological polar surface area (TPSA) is 0 Å².